The fourth-order valence-corrected chi connectivity index (χ4v) is 3.92. The van der Waals surface area contributed by atoms with Crippen molar-refractivity contribution in [1.29, 1.82) is 0 Å². The molecule has 0 spiro atoms. The molecule has 1 aliphatic carbocycles. The van der Waals surface area contributed by atoms with Gasteiger partial charge in [0, 0.05) is 16.5 Å². The van der Waals surface area contributed by atoms with E-state index in [2.05, 4.69) is 13.8 Å². The first-order chi connectivity index (χ1) is 7.63. The topological polar surface area (TPSA) is 46.2 Å². The normalized spacial score (nSPS) is 22.3. The van der Waals surface area contributed by atoms with E-state index >= 15 is 0 Å². The molecule has 0 aromatic carbocycles. The van der Waals surface area contributed by atoms with Gasteiger partial charge in [0.1, 0.15) is 0 Å². The van der Waals surface area contributed by atoms with Crippen LogP contribution in [0.2, 0.25) is 0 Å². The van der Waals surface area contributed by atoms with E-state index in [1.165, 1.54) is 32.1 Å². The van der Waals surface area contributed by atoms with Crippen molar-refractivity contribution in [3.63, 3.8) is 0 Å². The van der Waals surface area contributed by atoms with E-state index in [9.17, 15) is 5.11 Å². The third-order valence-corrected chi connectivity index (χ3v) is 5.03. The van der Waals surface area contributed by atoms with Gasteiger partial charge < -0.3 is 10.8 Å². The van der Waals surface area contributed by atoms with Gasteiger partial charge in [0.2, 0.25) is 0 Å². The summed E-state index contributed by atoms with van der Waals surface area (Å²) in [5, 5.41) is 10.4. The summed E-state index contributed by atoms with van der Waals surface area (Å²) in [6.45, 7) is 4.62. The van der Waals surface area contributed by atoms with E-state index in [4.69, 9.17) is 5.73 Å². The maximum Gasteiger partial charge on any atom is 0.0565 e. The van der Waals surface area contributed by atoms with Gasteiger partial charge in [-0.1, -0.05) is 33.1 Å². The molecule has 0 heterocycles. The van der Waals surface area contributed by atoms with Crippen molar-refractivity contribution in [3.8, 4) is 0 Å². The number of hydrogen-bond acceptors (Lipinski definition) is 3. The van der Waals surface area contributed by atoms with Crippen LogP contribution in [0.25, 0.3) is 0 Å². The maximum absolute atomic E-state index is 9.44. The average Bonchev–Trinajstić information content (AvgIpc) is 2.26. The Bertz CT molecular complexity index is 181. The molecular formula is C13H27NOS. The number of thioether (sulfide) groups is 1. The summed E-state index contributed by atoms with van der Waals surface area (Å²) in [7, 11) is 0. The third-order valence-electron chi connectivity index (χ3n) is 3.32. The van der Waals surface area contributed by atoms with E-state index in [1.807, 2.05) is 11.8 Å². The van der Waals surface area contributed by atoms with E-state index in [0.29, 0.717) is 5.92 Å². The molecule has 2 nitrogen and oxygen atoms in total. The van der Waals surface area contributed by atoms with Gasteiger partial charge in [-0.3, -0.25) is 0 Å². The van der Waals surface area contributed by atoms with Crippen LogP contribution in [0.15, 0.2) is 0 Å². The molecule has 0 saturated heterocycles. The third kappa shape index (κ3) is 5.07. The van der Waals surface area contributed by atoms with Crippen LogP contribution in [-0.2, 0) is 0 Å². The van der Waals surface area contributed by atoms with Crippen LogP contribution in [-0.4, -0.2) is 28.3 Å². The number of nitrogens with two attached hydrogens (primary N) is 1. The zero-order valence-corrected chi connectivity index (χ0v) is 11.5. The highest BCUT2D eigenvalue weighted by Crippen LogP contribution is 2.32. The zero-order chi connectivity index (χ0) is 12.0. The molecule has 96 valence electrons. The standard InChI is InChI=1S/C13H27NOS/c1-10(2)8-12(14)13(9-15)16-11-6-4-3-5-7-11/h10-13,15H,3-9,14H2,1-2H3. The van der Waals surface area contributed by atoms with Gasteiger partial charge >= 0.3 is 0 Å². The van der Waals surface area contributed by atoms with E-state index in [0.717, 1.165) is 11.7 Å². The Morgan fingerprint density at radius 1 is 1.25 bits per heavy atom. The summed E-state index contributed by atoms with van der Waals surface area (Å²) in [6, 6.07) is 0.150. The summed E-state index contributed by atoms with van der Waals surface area (Å²) in [6.07, 6.45) is 7.75. The second-order valence-electron chi connectivity index (χ2n) is 5.41. The summed E-state index contributed by atoms with van der Waals surface area (Å²) >= 11 is 1.94. The summed E-state index contributed by atoms with van der Waals surface area (Å²) in [5.41, 5.74) is 6.17. The van der Waals surface area contributed by atoms with Crippen molar-refractivity contribution < 1.29 is 5.11 Å². The van der Waals surface area contributed by atoms with Gasteiger partial charge in [-0.15, -0.1) is 0 Å². The molecule has 0 aromatic rings. The van der Waals surface area contributed by atoms with Crippen molar-refractivity contribution in [1.82, 2.24) is 0 Å². The molecule has 2 atom stereocenters. The minimum Gasteiger partial charge on any atom is -0.395 e. The Morgan fingerprint density at radius 2 is 1.88 bits per heavy atom. The smallest absolute Gasteiger partial charge is 0.0565 e. The maximum atomic E-state index is 9.44. The van der Waals surface area contributed by atoms with Crippen LogP contribution in [0.4, 0.5) is 0 Å². The SMILES string of the molecule is CC(C)CC(N)C(CO)SC1CCCCC1. The molecule has 3 heteroatoms. The minimum absolute atomic E-state index is 0.150. The van der Waals surface area contributed by atoms with E-state index in [-0.39, 0.29) is 17.9 Å². The van der Waals surface area contributed by atoms with Gasteiger partial charge in [-0.2, -0.15) is 11.8 Å². The first kappa shape index (κ1) is 14.3. The van der Waals surface area contributed by atoms with Crippen LogP contribution in [0.3, 0.4) is 0 Å². The van der Waals surface area contributed by atoms with E-state index < -0.39 is 0 Å². The number of aliphatic hydroxyl groups is 1. The molecule has 3 N–H and O–H groups in total. The summed E-state index contributed by atoms with van der Waals surface area (Å²) in [5.74, 6) is 0.621. The highest BCUT2D eigenvalue weighted by molar-refractivity contribution is 8.00. The van der Waals surface area contributed by atoms with Crippen LogP contribution >= 0.6 is 11.8 Å². The average molecular weight is 245 g/mol. The lowest BCUT2D eigenvalue weighted by molar-refractivity contribution is 0.274. The summed E-state index contributed by atoms with van der Waals surface area (Å²) < 4.78 is 0. The van der Waals surface area contributed by atoms with Gasteiger partial charge in [0.05, 0.1) is 6.61 Å². The molecule has 1 fully saturated rings. The lowest BCUT2D eigenvalue weighted by Crippen LogP contribution is -2.37. The van der Waals surface area contributed by atoms with Crippen molar-refractivity contribution in [2.24, 2.45) is 11.7 Å². The van der Waals surface area contributed by atoms with Crippen molar-refractivity contribution >= 4 is 11.8 Å². The van der Waals surface area contributed by atoms with Gasteiger partial charge in [-0.25, -0.2) is 0 Å². The van der Waals surface area contributed by atoms with Crippen molar-refractivity contribution in [3.05, 3.63) is 0 Å². The van der Waals surface area contributed by atoms with Crippen LogP contribution < -0.4 is 5.73 Å². The molecular weight excluding hydrogens is 218 g/mol. The molecule has 1 saturated carbocycles. The number of aliphatic hydroxyl groups excluding tert-OH is 1. The first-order valence-corrected chi connectivity index (χ1v) is 7.59. The van der Waals surface area contributed by atoms with Crippen molar-refractivity contribution in [2.75, 3.05) is 6.61 Å². The minimum atomic E-state index is 0.150. The monoisotopic (exact) mass is 245 g/mol. The van der Waals surface area contributed by atoms with Crippen LogP contribution in [0.5, 0.6) is 0 Å². The van der Waals surface area contributed by atoms with Gasteiger partial charge in [-0.05, 0) is 25.2 Å². The lowest BCUT2D eigenvalue weighted by Gasteiger charge is -2.29. The van der Waals surface area contributed by atoms with Crippen molar-refractivity contribution in [2.45, 2.75) is 68.9 Å². The highest BCUT2D eigenvalue weighted by atomic mass is 32.2. The molecule has 0 radical (unpaired) electrons. The fourth-order valence-electron chi connectivity index (χ4n) is 2.42. The lowest BCUT2D eigenvalue weighted by atomic mass is 10.0. The quantitative estimate of drug-likeness (QED) is 0.756. The predicted octanol–water partition coefficient (Wildman–Crippen LogP) is 2.79. The summed E-state index contributed by atoms with van der Waals surface area (Å²) in [4.78, 5) is 0. The molecule has 2 unspecified atom stereocenters. The fraction of sp³-hybridized carbons (Fsp3) is 1.00. The Balaban J connectivity index is 2.34. The van der Waals surface area contributed by atoms with Crippen LogP contribution in [0.1, 0.15) is 52.4 Å². The second kappa shape index (κ2) is 7.57. The molecule has 1 aliphatic rings. The number of rotatable bonds is 6. The Hall–Kier alpha value is 0.270. The highest BCUT2D eigenvalue weighted by Gasteiger charge is 2.24. The largest absolute Gasteiger partial charge is 0.395 e. The number of hydrogen-bond donors (Lipinski definition) is 2. The Labute approximate surface area is 104 Å². The van der Waals surface area contributed by atoms with Gasteiger partial charge in [0.25, 0.3) is 0 Å². The predicted molar refractivity (Wildman–Crippen MR) is 72.8 cm³/mol. The Morgan fingerprint density at radius 3 is 2.38 bits per heavy atom. The van der Waals surface area contributed by atoms with Crippen LogP contribution in [0, 0.1) is 5.92 Å². The molecule has 1 rings (SSSR count). The first-order valence-electron chi connectivity index (χ1n) is 6.65. The van der Waals surface area contributed by atoms with Gasteiger partial charge in [0.15, 0.2) is 0 Å². The molecule has 0 aromatic heterocycles. The molecule has 0 bridgehead atoms. The van der Waals surface area contributed by atoms with E-state index in [1.54, 1.807) is 0 Å². The zero-order valence-electron chi connectivity index (χ0n) is 10.7. The Kier molecular flexibility index (Phi) is 6.78. The molecule has 0 amide bonds. The molecule has 0 aliphatic heterocycles. The molecule has 16 heavy (non-hydrogen) atoms. The second-order valence-corrected chi connectivity index (χ2v) is 6.95.